The van der Waals surface area contributed by atoms with Gasteiger partial charge >= 0.3 is 10.1 Å². The molecule has 0 aliphatic heterocycles. The van der Waals surface area contributed by atoms with Gasteiger partial charge in [-0.2, -0.15) is 8.42 Å². The fraction of sp³-hybridized carbons (Fsp3) is 0.154. The van der Waals surface area contributed by atoms with Crippen LogP contribution in [-0.4, -0.2) is 20.5 Å². The van der Waals surface area contributed by atoms with E-state index in [2.05, 4.69) is 4.98 Å². The molecule has 0 radical (unpaired) electrons. The van der Waals surface area contributed by atoms with E-state index in [4.69, 9.17) is 8.92 Å². The SMILES string of the molecule is COc1ncccc1OS(=O)(=O)c1ccc(C)cc1. The van der Waals surface area contributed by atoms with E-state index in [1.807, 2.05) is 6.92 Å². The first-order chi connectivity index (χ1) is 9.03. The Morgan fingerprint density at radius 2 is 1.79 bits per heavy atom. The molecule has 1 heterocycles. The first-order valence-electron chi connectivity index (χ1n) is 5.53. The van der Waals surface area contributed by atoms with E-state index in [9.17, 15) is 8.42 Å². The van der Waals surface area contributed by atoms with Crippen LogP contribution in [0, 0.1) is 6.92 Å². The van der Waals surface area contributed by atoms with Crippen LogP contribution < -0.4 is 8.92 Å². The van der Waals surface area contributed by atoms with Crippen molar-refractivity contribution < 1.29 is 17.3 Å². The maximum absolute atomic E-state index is 12.1. The molecule has 0 N–H and O–H groups in total. The summed E-state index contributed by atoms with van der Waals surface area (Å²) in [6.07, 6.45) is 1.49. The highest BCUT2D eigenvalue weighted by Gasteiger charge is 2.19. The molecule has 6 heteroatoms. The second kappa shape index (κ2) is 5.27. The Morgan fingerprint density at radius 3 is 2.42 bits per heavy atom. The van der Waals surface area contributed by atoms with Gasteiger partial charge in [-0.05, 0) is 31.2 Å². The zero-order chi connectivity index (χ0) is 13.9. The second-order valence-electron chi connectivity index (χ2n) is 3.86. The van der Waals surface area contributed by atoms with E-state index in [0.717, 1.165) is 5.56 Å². The molecule has 2 rings (SSSR count). The van der Waals surface area contributed by atoms with Crippen molar-refractivity contribution in [1.82, 2.24) is 4.98 Å². The fourth-order valence-corrected chi connectivity index (χ4v) is 2.39. The lowest BCUT2D eigenvalue weighted by Gasteiger charge is -2.09. The number of hydrogen-bond acceptors (Lipinski definition) is 5. The van der Waals surface area contributed by atoms with Crippen molar-refractivity contribution in [2.24, 2.45) is 0 Å². The van der Waals surface area contributed by atoms with E-state index in [-0.39, 0.29) is 16.5 Å². The van der Waals surface area contributed by atoms with E-state index < -0.39 is 10.1 Å². The van der Waals surface area contributed by atoms with Crippen molar-refractivity contribution in [1.29, 1.82) is 0 Å². The van der Waals surface area contributed by atoms with Crippen molar-refractivity contribution >= 4 is 10.1 Å². The Balaban J connectivity index is 2.34. The summed E-state index contributed by atoms with van der Waals surface area (Å²) >= 11 is 0. The van der Waals surface area contributed by atoms with Crippen LogP contribution in [-0.2, 0) is 10.1 Å². The third-order valence-electron chi connectivity index (χ3n) is 2.44. The number of benzene rings is 1. The van der Waals surface area contributed by atoms with E-state index in [1.165, 1.54) is 31.5 Å². The lowest BCUT2D eigenvalue weighted by atomic mass is 10.2. The van der Waals surface area contributed by atoms with E-state index in [1.54, 1.807) is 18.2 Å². The predicted octanol–water partition coefficient (Wildman–Crippen LogP) is 2.17. The minimum absolute atomic E-state index is 0.0607. The average molecular weight is 279 g/mol. The number of nitrogens with zero attached hydrogens (tertiary/aromatic N) is 1. The molecule has 0 atom stereocenters. The van der Waals surface area contributed by atoms with Crippen molar-refractivity contribution in [3.05, 3.63) is 48.2 Å². The molecular formula is C13H13NO4S. The minimum atomic E-state index is -3.88. The molecule has 0 saturated heterocycles. The summed E-state index contributed by atoms with van der Waals surface area (Å²) in [7, 11) is -2.49. The Bertz CT molecular complexity index is 665. The highest BCUT2D eigenvalue weighted by atomic mass is 32.2. The summed E-state index contributed by atoms with van der Waals surface area (Å²) in [5.74, 6) is 0.184. The summed E-state index contributed by atoms with van der Waals surface area (Å²) in [6, 6.07) is 9.45. The molecule has 0 spiro atoms. The fourth-order valence-electron chi connectivity index (χ4n) is 1.46. The molecule has 0 amide bonds. The number of aryl methyl sites for hydroxylation is 1. The van der Waals surface area contributed by atoms with Gasteiger partial charge in [0.15, 0.2) is 0 Å². The maximum atomic E-state index is 12.1. The standard InChI is InChI=1S/C13H13NO4S/c1-10-5-7-11(8-6-10)19(15,16)18-12-4-3-9-14-13(12)17-2/h3-9H,1-2H3. The smallest absolute Gasteiger partial charge is 0.339 e. The molecule has 0 fully saturated rings. The number of methoxy groups -OCH3 is 1. The number of hydrogen-bond donors (Lipinski definition) is 0. The molecule has 0 aliphatic carbocycles. The zero-order valence-corrected chi connectivity index (χ0v) is 11.3. The summed E-state index contributed by atoms with van der Waals surface area (Å²) in [5, 5.41) is 0. The van der Waals surface area contributed by atoms with Gasteiger partial charge in [-0.25, -0.2) is 4.98 Å². The lowest BCUT2D eigenvalue weighted by molar-refractivity contribution is 0.375. The molecule has 1 aromatic carbocycles. The van der Waals surface area contributed by atoms with Crippen molar-refractivity contribution in [3.8, 4) is 11.6 Å². The molecule has 5 nitrogen and oxygen atoms in total. The van der Waals surface area contributed by atoms with Crippen molar-refractivity contribution in [3.63, 3.8) is 0 Å². The van der Waals surface area contributed by atoms with Gasteiger partial charge in [-0.15, -0.1) is 0 Å². The van der Waals surface area contributed by atoms with Gasteiger partial charge in [0.2, 0.25) is 5.75 Å². The number of rotatable bonds is 4. The zero-order valence-electron chi connectivity index (χ0n) is 10.5. The largest absolute Gasteiger partial charge is 0.478 e. The summed E-state index contributed by atoms with van der Waals surface area (Å²) in [6.45, 7) is 1.88. The Morgan fingerprint density at radius 1 is 1.11 bits per heavy atom. The van der Waals surface area contributed by atoms with Crippen LogP contribution in [0.1, 0.15) is 5.56 Å². The molecule has 100 valence electrons. The second-order valence-corrected chi connectivity index (χ2v) is 5.41. The van der Waals surface area contributed by atoms with Gasteiger partial charge in [0, 0.05) is 6.20 Å². The summed E-state index contributed by atoms with van der Waals surface area (Å²) < 4.78 is 34.1. The average Bonchev–Trinajstić information content (AvgIpc) is 2.39. The van der Waals surface area contributed by atoms with Crippen LogP contribution in [0.2, 0.25) is 0 Å². The number of ether oxygens (including phenoxy) is 1. The molecular weight excluding hydrogens is 266 g/mol. The molecule has 19 heavy (non-hydrogen) atoms. The normalized spacial score (nSPS) is 11.1. The first-order valence-corrected chi connectivity index (χ1v) is 6.94. The van der Waals surface area contributed by atoms with Gasteiger partial charge in [0.05, 0.1) is 7.11 Å². The lowest BCUT2D eigenvalue weighted by Crippen LogP contribution is -2.10. The highest BCUT2D eigenvalue weighted by Crippen LogP contribution is 2.26. The van der Waals surface area contributed by atoms with Crippen LogP contribution in [0.4, 0.5) is 0 Å². The van der Waals surface area contributed by atoms with E-state index in [0.29, 0.717) is 0 Å². The van der Waals surface area contributed by atoms with Gasteiger partial charge < -0.3 is 8.92 Å². The molecule has 2 aromatic rings. The van der Waals surface area contributed by atoms with Crippen LogP contribution in [0.15, 0.2) is 47.5 Å². The van der Waals surface area contributed by atoms with Crippen LogP contribution in [0.25, 0.3) is 0 Å². The van der Waals surface area contributed by atoms with Gasteiger partial charge in [0.1, 0.15) is 4.90 Å². The summed E-state index contributed by atoms with van der Waals surface area (Å²) in [5.41, 5.74) is 0.970. The maximum Gasteiger partial charge on any atom is 0.339 e. The Hall–Kier alpha value is -2.08. The molecule has 0 bridgehead atoms. The molecule has 0 unspecified atom stereocenters. The van der Waals surface area contributed by atoms with Crippen LogP contribution in [0.3, 0.4) is 0 Å². The van der Waals surface area contributed by atoms with Crippen LogP contribution >= 0.6 is 0 Å². The third kappa shape index (κ3) is 3.03. The highest BCUT2D eigenvalue weighted by molar-refractivity contribution is 7.87. The topological polar surface area (TPSA) is 65.5 Å². The van der Waals surface area contributed by atoms with Crippen molar-refractivity contribution in [2.75, 3.05) is 7.11 Å². The molecule has 1 aromatic heterocycles. The monoisotopic (exact) mass is 279 g/mol. The number of pyridine rings is 1. The Kier molecular flexibility index (Phi) is 3.71. The Labute approximate surface area is 111 Å². The number of aromatic nitrogens is 1. The molecule has 0 saturated carbocycles. The first kappa shape index (κ1) is 13.4. The quantitative estimate of drug-likeness (QED) is 0.802. The van der Waals surface area contributed by atoms with E-state index >= 15 is 0 Å². The summed E-state index contributed by atoms with van der Waals surface area (Å²) in [4.78, 5) is 3.96. The minimum Gasteiger partial charge on any atom is -0.478 e. The van der Waals surface area contributed by atoms with Gasteiger partial charge in [0.25, 0.3) is 5.88 Å². The molecule has 0 aliphatic rings. The predicted molar refractivity (Wildman–Crippen MR) is 69.8 cm³/mol. The van der Waals surface area contributed by atoms with Crippen LogP contribution in [0.5, 0.6) is 11.6 Å². The van der Waals surface area contributed by atoms with Crippen molar-refractivity contribution in [2.45, 2.75) is 11.8 Å². The van der Waals surface area contributed by atoms with Gasteiger partial charge in [-0.3, -0.25) is 0 Å². The third-order valence-corrected chi connectivity index (χ3v) is 3.69. The van der Waals surface area contributed by atoms with Gasteiger partial charge in [-0.1, -0.05) is 17.7 Å².